The van der Waals surface area contributed by atoms with E-state index in [2.05, 4.69) is 5.32 Å². The van der Waals surface area contributed by atoms with Crippen molar-refractivity contribution in [2.45, 2.75) is 18.9 Å². The van der Waals surface area contributed by atoms with Crippen LogP contribution in [0.2, 0.25) is 0 Å². The van der Waals surface area contributed by atoms with Crippen LogP contribution in [-0.2, 0) is 0 Å². The van der Waals surface area contributed by atoms with E-state index < -0.39 is 0 Å². The maximum Gasteiger partial charge on any atom is 0.261 e. The lowest BCUT2D eigenvalue weighted by Gasteiger charge is -2.31. The molecule has 1 aliphatic carbocycles. The zero-order valence-electron chi connectivity index (χ0n) is 10.2. The Bertz CT molecular complexity index is 619. The van der Waals surface area contributed by atoms with Crippen LogP contribution < -0.4 is 5.32 Å². The maximum absolute atomic E-state index is 13.1. The van der Waals surface area contributed by atoms with Gasteiger partial charge in [-0.05, 0) is 48.4 Å². The first-order chi connectivity index (χ1) is 9.11. The second-order valence-electron chi connectivity index (χ2n) is 4.99. The highest BCUT2D eigenvalue weighted by atomic mass is 32.1. The number of hydrogen-bond acceptors (Lipinski definition) is 3. The molecular weight excluding hydrogens is 265 g/mol. The monoisotopic (exact) mass is 279 g/mol. The highest BCUT2D eigenvalue weighted by molar-refractivity contribution is 7.20. The minimum Gasteiger partial charge on any atom is -0.393 e. The lowest BCUT2D eigenvalue weighted by Crippen LogP contribution is -2.38. The molecule has 1 fully saturated rings. The van der Waals surface area contributed by atoms with E-state index in [0.29, 0.717) is 17.3 Å². The predicted molar refractivity (Wildman–Crippen MR) is 72.8 cm³/mol. The van der Waals surface area contributed by atoms with Gasteiger partial charge in [-0.3, -0.25) is 4.79 Å². The number of thiophene rings is 1. The van der Waals surface area contributed by atoms with Crippen LogP contribution in [-0.4, -0.2) is 23.7 Å². The summed E-state index contributed by atoms with van der Waals surface area (Å²) >= 11 is 1.36. The van der Waals surface area contributed by atoms with Crippen LogP contribution in [0.25, 0.3) is 10.1 Å². The van der Waals surface area contributed by atoms with E-state index in [4.69, 9.17) is 0 Å². The summed E-state index contributed by atoms with van der Waals surface area (Å²) in [5, 5.41) is 12.8. The molecule has 3 nitrogen and oxygen atoms in total. The molecule has 1 aromatic carbocycles. The van der Waals surface area contributed by atoms with Crippen molar-refractivity contribution in [2.75, 3.05) is 6.54 Å². The summed E-state index contributed by atoms with van der Waals surface area (Å²) in [7, 11) is 0. The van der Waals surface area contributed by atoms with Crippen LogP contribution in [0.4, 0.5) is 4.39 Å². The van der Waals surface area contributed by atoms with Crippen molar-refractivity contribution in [2.24, 2.45) is 5.92 Å². The molecule has 1 amide bonds. The molecule has 0 unspecified atom stereocenters. The number of amides is 1. The molecule has 5 heteroatoms. The first-order valence-electron chi connectivity index (χ1n) is 6.27. The van der Waals surface area contributed by atoms with Gasteiger partial charge in [-0.25, -0.2) is 4.39 Å². The third kappa shape index (κ3) is 2.62. The van der Waals surface area contributed by atoms with Crippen molar-refractivity contribution in [3.05, 3.63) is 35.0 Å². The molecule has 1 saturated carbocycles. The Morgan fingerprint density at radius 3 is 2.95 bits per heavy atom. The summed E-state index contributed by atoms with van der Waals surface area (Å²) in [6, 6.07) is 6.24. The number of aliphatic hydroxyl groups is 1. The number of halogens is 1. The highest BCUT2D eigenvalue weighted by Crippen LogP contribution is 2.28. The largest absolute Gasteiger partial charge is 0.393 e. The number of nitrogens with one attached hydrogen (secondary N) is 1. The van der Waals surface area contributed by atoms with Crippen molar-refractivity contribution in [1.82, 2.24) is 5.32 Å². The second kappa shape index (κ2) is 4.90. The number of carbonyl (C=O) groups excluding carboxylic acids is 1. The number of aliphatic hydroxyl groups excluding tert-OH is 1. The summed E-state index contributed by atoms with van der Waals surface area (Å²) in [5.41, 5.74) is 0. The fourth-order valence-corrected chi connectivity index (χ4v) is 3.28. The van der Waals surface area contributed by atoms with Gasteiger partial charge in [0, 0.05) is 11.2 Å². The summed E-state index contributed by atoms with van der Waals surface area (Å²) in [6.45, 7) is 0.596. The summed E-state index contributed by atoms with van der Waals surface area (Å²) < 4.78 is 14.0. The van der Waals surface area contributed by atoms with Crippen LogP contribution in [0.15, 0.2) is 24.3 Å². The average Bonchev–Trinajstić information content (AvgIpc) is 2.75. The minimum absolute atomic E-state index is 0.122. The van der Waals surface area contributed by atoms with Gasteiger partial charge in [-0.15, -0.1) is 11.3 Å². The molecule has 3 rings (SSSR count). The van der Waals surface area contributed by atoms with Gasteiger partial charge in [0.2, 0.25) is 0 Å². The number of benzene rings is 1. The molecule has 0 aliphatic heterocycles. The lowest BCUT2D eigenvalue weighted by atomic mass is 9.82. The predicted octanol–water partition coefficient (Wildman–Crippen LogP) is 2.54. The zero-order chi connectivity index (χ0) is 13.4. The van der Waals surface area contributed by atoms with Crippen LogP contribution in [0.3, 0.4) is 0 Å². The van der Waals surface area contributed by atoms with Crippen LogP contribution in [0.1, 0.15) is 22.5 Å². The Hall–Kier alpha value is -1.46. The second-order valence-corrected chi connectivity index (χ2v) is 6.08. The van der Waals surface area contributed by atoms with E-state index in [1.165, 1.54) is 23.5 Å². The van der Waals surface area contributed by atoms with E-state index in [1.807, 2.05) is 0 Å². The molecule has 2 aromatic rings. The average molecular weight is 279 g/mol. The van der Waals surface area contributed by atoms with Gasteiger partial charge < -0.3 is 10.4 Å². The Balaban J connectivity index is 1.67. The zero-order valence-corrected chi connectivity index (χ0v) is 11.0. The molecule has 0 saturated heterocycles. The molecule has 0 radical (unpaired) electrons. The lowest BCUT2D eigenvalue weighted by molar-refractivity contribution is 0.0420. The standard InChI is InChI=1S/C14H14FNO2S/c15-10-1-2-12-9(5-10)6-13(19-12)14(18)16-7-8-3-11(17)4-8/h1-2,5-6,8,11,17H,3-4,7H2,(H,16,18). The molecule has 2 N–H and O–H groups in total. The van der Waals surface area contributed by atoms with Crippen molar-refractivity contribution < 1.29 is 14.3 Å². The topological polar surface area (TPSA) is 49.3 Å². The van der Waals surface area contributed by atoms with Gasteiger partial charge >= 0.3 is 0 Å². The Labute approximate surface area is 114 Å². The van der Waals surface area contributed by atoms with Gasteiger partial charge in [0.05, 0.1) is 11.0 Å². The van der Waals surface area contributed by atoms with Crippen molar-refractivity contribution in [3.8, 4) is 0 Å². The highest BCUT2D eigenvalue weighted by Gasteiger charge is 2.27. The molecule has 1 aromatic heterocycles. The van der Waals surface area contributed by atoms with E-state index in [1.54, 1.807) is 12.1 Å². The molecule has 0 bridgehead atoms. The fourth-order valence-electron chi connectivity index (χ4n) is 2.32. The number of carbonyl (C=O) groups is 1. The van der Waals surface area contributed by atoms with Gasteiger partial charge in [0.25, 0.3) is 5.91 Å². The van der Waals surface area contributed by atoms with E-state index in [0.717, 1.165) is 22.9 Å². The normalized spacial score (nSPS) is 22.2. The number of fused-ring (bicyclic) bond motifs is 1. The summed E-state index contributed by atoms with van der Waals surface area (Å²) in [4.78, 5) is 12.6. The molecule has 0 spiro atoms. The quantitative estimate of drug-likeness (QED) is 0.907. The maximum atomic E-state index is 13.1. The fraction of sp³-hybridized carbons (Fsp3) is 0.357. The smallest absolute Gasteiger partial charge is 0.261 e. The third-order valence-corrected chi connectivity index (χ3v) is 4.58. The first-order valence-corrected chi connectivity index (χ1v) is 7.09. The molecular formula is C14H14FNO2S. The number of hydrogen-bond donors (Lipinski definition) is 2. The summed E-state index contributed by atoms with van der Waals surface area (Å²) in [5.74, 6) is -0.0329. The van der Waals surface area contributed by atoms with Crippen LogP contribution in [0.5, 0.6) is 0 Å². The van der Waals surface area contributed by atoms with Gasteiger partial charge in [0.1, 0.15) is 5.82 Å². The van der Waals surface area contributed by atoms with Crippen LogP contribution >= 0.6 is 11.3 Å². The third-order valence-electron chi connectivity index (χ3n) is 3.46. The molecule has 1 heterocycles. The van der Waals surface area contributed by atoms with Gasteiger partial charge in [0.15, 0.2) is 0 Å². The van der Waals surface area contributed by atoms with E-state index >= 15 is 0 Å². The van der Waals surface area contributed by atoms with Crippen molar-refractivity contribution >= 4 is 27.3 Å². The Kier molecular flexibility index (Phi) is 3.24. The molecule has 19 heavy (non-hydrogen) atoms. The summed E-state index contributed by atoms with van der Waals surface area (Å²) in [6.07, 6.45) is 1.32. The Morgan fingerprint density at radius 2 is 2.21 bits per heavy atom. The SMILES string of the molecule is O=C(NCC1CC(O)C1)c1cc2cc(F)ccc2s1. The van der Waals surface area contributed by atoms with Crippen molar-refractivity contribution in [3.63, 3.8) is 0 Å². The molecule has 0 atom stereocenters. The minimum atomic E-state index is -0.291. The van der Waals surface area contributed by atoms with Gasteiger partial charge in [-0.2, -0.15) is 0 Å². The molecule has 100 valence electrons. The van der Waals surface area contributed by atoms with E-state index in [-0.39, 0.29) is 17.8 Å². The van der Waals surface area contributed by atoms with Crippen LogP contribution in [0, 0.1) is 11.7 Å². The van der Waals surface area contributed by atoms with E-state index in [9.17, 15) is 14.3 Å². The van der Waals surface area contributed by atoms with Crippen molar-refractivity contribution in [1.29, 1.82) is 0 Å². The number of rotatable bonds is 3. The first kappa shape index (κ1) is 12.6. The molecule has 1 aliphatic rings. The Morgan fingerprint density at radius 1 is 1.42 bits per heavy atom. The van der Waals surface area contributed by atoms with Gasteiger partial charge in [-0.1, -0.05) is 0 Å².